The lowest BCUT2D eigenvalue weighted by Gasteiger charge is -2.23. The van der Waals surface area contributed by atoms with Crippen molar-refractivity contribution >= 4 is 52.9 Å². The molecular weight excluding hydrogens is 383 g/mol. The van der Waals surface area contributed by atoms with Gasteiger partial charge in [0.05, 0.1) is 7.11 Å². The molecule has 0 saturated carbocycles. The average Bonchev–Trinajstić information content (AvgIpc) is 3.05. The van der Waals surface area contributed by atoms with E-state index >= 15 is 0 Å². The third-order valence-electron chi connectivity index (χ3n) is 3.71. The maximum atomic E-state index is 12.2. The number of halogens is 2. The lowest BCUT2D eigenvalue weighted by Crippen LogP contribution is -2.45. The molecule has 3 N–H and O–H groups in total. The van der Waals surface area contributed by atoms with Crippen LogP contribution in [0.5, 0.6) is 5.75 Å². The smallest absolute Gasteiger partial charge is 0.271 e. The minimum Gasteiger partial charge on any atom is -0.497 e. The Kier molecular flexibility index (Phi) is 8.99. The van der Waals surface area contributed by atoms with E-state index in [2.05, 4.69) is 20.9 Å². The fourth-order valence-electron chi connectivity index (χ4n) is 2.47. The third kappa shape index (κ3) is 6.04. The fraction of sp³-hybridized carbons (Fsp3) is 0.375. The lowest BCUT2D eigenvalue weighted by molar-refractivity contribution is 0.0926. The van der Waals surface area contributed by atoms with Gasteiger partial charge in [-0.05, 0) is 43.7 Å². The first kappa shape index (κ1) is 21.5. The quantitative estimate of drug-likeness (QED) is 0.712. The molecule has 0 unspecified atom stereocenters. The van der Waals surface area contributed by atoms with Crippen LogP contribution in [0.15, 0.2) is 29.6 Å². The zero-order valence-electron chi connectivity index (χ0n) is 13.8. The Morgan fingerprint density at radius 1 is 1.32 bits per heavy atom. The first-order chi connectivity index (χ1) is 11.2. The molecule has 1 aliphatic heterocycles. The highest BCUT2D eigenvalue weighted by molar-refractivity contribution is 7.14. The van der Waals surface area contributed by atoms with Gasteiger partial charge in [0, 0.05) is 23.7 Å². The van der Waals surface area contributed by atoms with Gasteiger partial charge in [-0.2, -0.15) is 0 Å². The number of aromatic nitrogens is 1. The van der Waals surface area contributed by atoms with Gasteiger partial charge in [0.1, 0.15) is 11.4 Å². The van der Waals surface area contributed by atoms with E-state index in [1.165, 1.54) is 11.3 Å². The number of carbonyl (C=O) groups is 1. The topological polar surface area (TPSA) is 75.3 Å². The number of amides is 1. The predicted molar refractivity (Wildman–Crippen MR) is 106 cm³/mol. The van der Waals surface area contributed by atoms with Crippen molar-refractivity contribution in [3.05, 3.63) is 35.3 Å². The number of rotatable bonds is 5. The number of thiazole rings is 1. The third-order valence-corrected chi connectivity index (χ3v) is 4.47. The summed E-state index contributed by atoms with van der Waals surface area (Å²) in [6, 6.07) is 7.76. The molecule has 2 aromatic rings. The van der Waals surface area contributed by atoms with Crippen molar-refractivity contribution in [1.29, 1.82) is 0 Å². The number of anilines is 2. The summed E-state index contributed by atoms with van der Waals surface area (Å²) in [5.41, 5.74) is 1.36. The van der Waals surface area contributed by atoms with Gasteiger partial charge in [-0.15, -0.1) is 36.2 Å². The van der Waals surface area contributed by atoms with Crippen molar-refractivity contribution < 1.29 is 9.53 Å². The number of methoxy groups -OCH3 is 1. The number of nitrogens with one attached hydrogen (secondary N) is 3. The van der Waals surface area contributed by atoms with Gasteiger partial charge in [0.15, 0.2) is 5.13 Å². The van der Waals surface area contributed by atoms with E-state index < -0.39 is 0 Å². The summed E-state index contributed by atoms with van der Waals surface area (Å²) in [7, 11) is 1.63. The molecule has 2 heterocycles. The molecule has 25 heavy (non-hydrogen) atoms. The van der Waals surface area contributed by atoms with Gasteiger partial charge in [0.25, 0.3) is 5.91 Å². The van der Waals surface area contributed by atoms with Gasteiger partial charge in [-0.1, -0.05) is 0 Å². The van der Waals surface area contributed by atoms with Gasteiger partial charge in [0.2, 0.25) is 0 Å². The molecule has 1 saturated heterocycles. The Morgan fingerprint density at radius 3 is 2.72 bits per heavy atom. The maximum absolute atomic E-state index is 12.2. The second-order valence-corrected chi connectivity index (χ2v) is 6.27. The Bertz CT molecular complexity index is 660. The number of hydrogen-bond donors (Lipinski definition) is 3. The zero-order chi connectivity index (χ0) is 16.1. The summed E-state index contributed by atoms with van der Waals surface area (Å²) in [6.45, 7) is 1.85. The molecule has 3 rings (SSSR count). The maximum Gasteiger partial charge on any atom is 0.271 e. The predicted octanol–water partition coefficient (Wildman–Crippen LogP) is 3.22. The number of hydrogen-bond acceptors (Lipinski definition) is 6. The number of nitrogens with zero attached hydrogens (tertiary/aromatic N) is 1. The van der Waals surface area contributed by atoms with Crippen LogP contribution in [0.2, 0.25) is 0 Å². The first-order valence-corrected chi connectivity index (χ1v) is 8.51. The van der Waals surface area contributed by atoms with Crippen LogP contribution in [0.4, 0.5) is 10.8 Å². The highest BCUT2D eigenvalue weighted by Gasteiger charge is 2.18. The summed E-state index contributed by atoms with van der Waals surface area (Å²) < 4.78 is 5.13. The zero-order valence-corrected chi connectivity index (χ0v) is 16.2. The summed E-state index contributed by atoms with van der Waals surface area (Å²) in [5, 5.41) is 12.0. The van der Waals surface area contributed by atoms with Gasteiger partial charge in [-0.25, -0.2) is 4.98 Å². The van der Waals surface area contributed by atoms with Gasteiger partial charge >= 0.3 is 0 Å². The summed E-state index contributed by atoms with van der Waals surface area (Å²) >= 11 is 1.41. The number of piperidine rings is 1. The van der Waals surface area contributed by atoms with Crippen LogP contribution in [0, 0.1) is 0 Å². The first-order valence-electron chi connectivity index (χ1n) is 7.63. The van der Waals surface area contributed by atoms with Crippen LogP contribution in [-0.2, 0) is 0 Å². The van der Waals surface area contributed by atoms with Gasteiger partial charge in [-0.3, -0.25) is 4.79 Å². The molecule has 1 fully saturated rings. The van der Waals surface area contributed by atoms with E-state index in [0.29, 0.717) is 10.8 Å². The van der Waals surface area contributed by atoms with Crippen LogP contribution in [0.3, 0.4) is 0 Å². The second-order valence-electron chi connectivity index (χ2n) is 5.41. The van der Waals surface area contributed by atoms with Crippen molar-refractivity contribution in [1.82, 2.24) is 15.6 Å². The highest BCUT2D eigenvalue weighted by atomic mass is 35.5. The van der Waals surface area contributed by atoms with Crippen LogP contribution < -0.4 is 20.7 Å². The molecule has 1 aromatic carbocycles. The summed E-state index contributed by atoms with van der Waals surface area (Å²) in [4.78, 5) is 16.6. The van der Waals surface area contributed by atoms with Crippen LogP contribution >= 0.6 is 36.2 Å². The van der Waals surface area contributed by atoms with Crippen LogP contribution in [0.25, 0.3) is 0 Å². The number of benzene rings is 1. The molecule has 1 aromatic heterocycles. The molecule has 1 atom stereocenters. The van der Waals surface area contributed by atoms with E-state index in [1.54, 1.807) is 12.5 Å². The lowest BCUT2D eigenvalue weighted by atomic mass is 10.1. The molecule has 6 nitrogen and oxygen atoms in total. The SMILES string of the molecule is COc1ccc(Nc2nc(C(=O)N[C@H]3CCCNC3)cs2)cc1.Cl.Cl. The minimum atomic E-state index is -0.113. The number of carbonyl (C=O) groups excluding carboxylic acids is 1. The minimum absolute atomic E-state index is 0. The van der Waals surface area contributed by atoms with Crippen molar-refractivity contribution in [2.24, 2.45) is 0 Å². The molecule has 138 valence electrons. The molecule has 0 radical (unpaired) electrons. The molecule has 1 amide bonds. The Hall–Kier alpha value is -1.54. The standard InChI is InChI=1S/C16H20N4O2S.2ClH/c1-22-13-6-4-11(5-7-13)19-16-20-14(10-23-16)15(21)18-12-3-2-8-17-9-12;;/h4-7,10,12,17H,2-3,8-9H2,1H3,(H,18,21)(H,19,20);2*1H/t12-;;/m0../s1. The van der Waals surface area contributed by atoms with Crippen LogP contribution in [0.1, 0.15) is 23.3 Å². The molecular formula is C16H22Cl2N4O2S. The van der Waals surface area contributed by atoms with Crippen molar-refractivity contribution in [2.45, 2.75) is 18.9 Å². The van der Waals surface area contributed by atoms with Crippen molar-refractivity contribution in [2.75, 3.05) is 25.5 Å². The van der Waals surface area contributed by atoms with E-state index in [4.69, 9.17) is 4.74 Å². The average molecular weight is 405 g/mol. The molecule has 0 bridgehead atoms. The Labute approximate surface area is 163 Å². The monoisotopic (exact) mass is 404 g/mol. The fourth-order valence-corrected chi connectivity index (χ4v) is 3.18. The summed E-state index contributed by atoms with van der Waals surface area (Å²) in [6.07, 6.45) is 2.10. The second kappa shape index (κ2) is 10.5. The van der Waals surface area contributed by atoms with E-state index in [0.717, 1.165) is 37.4 Å². The van der Waals surface area contributed by atoms with Crippen LogP contribution in [-0.4, -0.2) is 37.1 Å². The normalized spacial score (nSPS) is 16.1. The molecule has 0 spiro atoms. The van der Waals surface area contributed by atoms with E-state index in [9.17, 15) is 4.79 Å². The highest BCUT2D eigenvalue weighted by Crippen LogP contribution is 2.23. The molecule has 0 aliphatic carbocycles. The summed E-state index contributed by atoms with van der Waals surface area (Å²) in [5.74, 6) is 0.688. The van der Waals surface area contributed by atoms with Gasteiger partial charge < -0.3 is 20.7 Å². The van der Waals surface area contributed by atoms with E-state index in [1.807, 2.05) is 24.3 Å². The van der Waals surface area contributed by atoms with Crippen molar-refractivity contribution in [3.8, 4) is 5.75 Å². The molecule has 9 heteroatoms. The largest absolute Gasteiger partial charge is 0.497 e. The molecule has 1 aliphatic rings. The number of ether oxygens (including phenoxy) is 1. The Morgan fingerprint density at radius 2 is 2.08 bits per heavy atom. The Balaban J connectivity index is 0.00000156. The van der Waals surface area contributed by atoms with E-state index in [-0.39, 0.29) is 36.8 Å². The van der Waals surface area contributed by atoms with Crippen molar-refractivity contribution in [3.63, 3.8) is 0 Å².